The topological polar surface area (TPSA) is 20.2 Å². The summed E-state index contributed by atoms with van der Waals surface area (Å²) in [5.74, 6) is -0.397. The largest absolute Gasteiger partial charge is 0.508 e. The number of hydrogen-bond donors (Lipinski definition) is 1. The molecule has 0 spiro atoms. The molecule has 2 aromatic carbocycles. The summed E-state index contributed by atoms with van der Waals surface area (Å²) < 4.78 is 13.5. The Balaban J connectivity index is 2.23. The lowest BCUT2D eigenvalue weighted by atomic mass is 10.0. The van der Waals surface area contributed by atoms with E-state index in [4.69, 9.17) is 5.11 Å². The van der Waals surface area contributed by atoms with Crippen molar-refractivity contribution in [1.82, 2.24) is 0 Å². The number of phenols is 1. The molecule has 2 aromatic rings. The van der Waals surface area contributed by atoms with E-state index in [0.29, 0.717) is 12.0 Å². The third kappa shape index (κ3) is 2.40. The van der Waals surface area contributed by atoms with E-state index in [9.17, 15) is 4.39 Å². The zero-order valence-corrected chi connectivity index (χ0v) is 9.07. The van der Waals surface area contributed by atoms with E-state index < -0.39 is 0 Å². The van der Waals surface area contributed by atoms with Crippen molar-refractivity contribution in [2.45, 2.75) is 13.3 Å². The standard InChI is InChI=1S/C14H13FO/c1-10-2-4-11(5-3-10)8-12-6-7-13(16)9-14(12)15/h2-7,9,16H,8H2,1H3. The Kier molecular flexibility index (Phi) is 2.91. The van der Waals surface area contributed by atoms with E-state index in [0.717, 1.165) is 11.6 Å². The van der Waals surface area contributed by atoms with Crippen LogP contribution in [0.15, 0.2) is 42.5 Å². The molecule has 0 aliphatic carbocycles. The minimum atomic E-state index is -0.361. The van der Waals surface area contributed by atoms with Gasteiger partial charge in [0.25, 0.3) is 0 Å². The smallest absolute Gasteiger partial charge is 0.130 e. The molecule has 0 aromatic heterocycles. The van der Waals surface area contributed by atoms with Crippen LogP contribution in [0.2, 0.25) is 0 Å². The third-order valence-electron chi connectivity index (χ3n) is 2.55. The highest BCUT2D eigenvalue weighted by atomic mass is 19.1. The van der Waals surface area contributed by atoms with Gasteiger partial charge in [0.2, 0.25) is 0 Å². The van der Waals surface area contributed by atoms with Gasteiger partial charge in [-0.3, -0.25) is 0 Å². The van der Waals surface area contributed by atoms with Crippen molar-refractivity contribution >= 4 is 0 Å². The summed E-state index contributed by atoms with van der Waals surface area (Å²) in [6.07, 6.45) is 0.548. The van der Waals surface area contributed by atoms with Crippen LogP contribution in [0.25, 0.3) is 0 Å². The van der Waals surface area contributed by atoms with E-state index in [1.807, 2.05) is 31.2 Å². The zero-order valence-electron chi connectivity index (χ0n) is 9.07. The summed E-state index contributed by atoms with van der Waals surface area (Å²) in [4.78, 5) is 0. The van der Waals surface area contributed by atoms with Crippen LogP contribution in [0.5, 0.6) is 5.75 Å². The van der Waals surface area contributed by atoms with Gasteiger partial charge >= 0.3 is 0 Å². The first-order chi connectivity index (χ1) is 7.65. The monoisotopic (exact) mass is 216 g/mol. The lowest BCUT2D eigenvalue weighted by molar-refractivity contribution is 0.468. The van der Waals surface area contributed by atoms with Crippen LogP contribution in [0.3, 0.4) is 0 Å². The first-order valence-electron chi connectivity index (χ1n) is 5.18. The fourth-order valence-electron chi connectivity index (χ4n) is 1.61. The maximum atomic E-state index is 13.5. The summed E-state index contributed by atoms with van der Waals surface area (Å²) in [5.41, 5.74) is 2.85. The van der Waals surface area contributed by atoms with E-state index in [1.54, 1.807) is 6.07 Å². The molecule has 0 bridgehead atoms. The number of halogens is 1. The van der Waals surface area contributed by atoms with E-state index in [1.165, 1.54) is 11.6 Å². The first kappa shape index (κ1) is 10.7. The number of phenolic OH excluding ortho intramolecular Hbond substituents is 1. The van der Waals surface area contributed by atoms with E-state index in [-0.39, 0.29) is 11.6 Å². The van der Waals surface area contributed by atoms with Crippen LogP contribution in [0, 0.1) is 12.7 Å². The second kappa shape index (κ2) is 4.35. The van der Waals surface area contributed by atoms with Gasteiger partial charge < -0.3 is 5.11 Å². The molecule has 0 heterocycles. The summed E-state index contributed by atoms with van der Waals surface area (Å²) in [6.45, 7) is 2.02. The molecule has 0 radical (unpaired) electrons. The molecule has 0 aliphatic heterocycles. The minimum Gasteiger partial charge on any atom is -0.508 e. The van der Waals surface area contributed by atoms with Crippen LogP contribution >= 0.6 is 0 Å². The van der Waals surface area contributed by atoms with Gasteiger partial charge in [-0.25, -0.2) is 4.39 Å². The molecule has 82 valence electrons. The predicted molar refractivity (Wildman–Crippen MR) is 62.0 cm³/mol. The number of rotatable bonds is 2. The lowest BCUT2D eigenvalue weighted by Gasteiger charge is -2.04. The molecule has 16 heavy (non-hydrogen) atoms. The van der Waals surface area contributed by atoms with Crippen LogP contribution in [0.1, 0.15) is 16.7 Å². The Labute approximate surface area is 94.2 Å². The Morgan fingerprint density at radius 1 is 1.06 bits per heavy atom. The van der Waals surface area contributed by atoms with Gasteiger partial charge in [0.1, 0.15) is 11.6 Å². The Morgan fingerprint density at radius 3 is 2.38 bits per heavy atom. The Morgan fingerprint density at radius 2 is 1.75 bits per heavy atom. The molecule has 0 aliphatic rings. The van der Waals surface area contributed by atoms with Crippen LogP contribution in [-0.2, 0) is 6.42 Å². The van der Waals surface area contributed by atoms with Gasteiger partial charge in [-0.05, 0) is 24.1 Å². The predicted octanol–water partition coefficient (Wildman–Crippen LogP) is 3.43. The highest BCUT2D eigenvalue weighted by Gasteiger charge is 2.04. The van der Waals surface area contributed by atoms with Crippen molar-refractivity contribution in [2.75, 3.05) is 0 Å². The van der Waals surface area contributed by atoms with Crippen LogP contribution in [-0.4, -0.2) is 5.11 Å². The highest BCUT2D eigenvalue weighted by Crippen LogP contribution is 2.18. The van der Waals surface area contributed by atoms with Crippen molar-refractivity contribution in [3.8, 4) is 5.75 Å². The summed E-state index contributed by atoms with van der Waals surface area (Å²) in [7, 11) is 0. The molecule has 0 atom stereocenters. The van der Waals surface area contributed by atoms with Gasteiger partial charge in [-0.2, -0.15) is 0 Å². The number of benzene rings is 2. The number of hydrogen-bond acceptors (Lipinski definition) is 1. The molecule has 0 amide bonds. The van der Waals surface area contributed by atoms with Crippen molar-refractivity contribution in [1.29, 1.82) is 0 Å². The second-order valence-corrected chi connectivity index (χ2v) is 3.94. The van der Waals surface area contributed by atoms with Crippen molar-refractivity contribution < 1.29 is 9.50 Å². The Bertz CT molecular complexity index is 489. The van der Waals surface area contributed by atoms with Crippen LogP contribution in [0.4, 0.5) is 4.39 Å². The quantitative estimate of drug-likeness (QED) is 0.815. The average molecular weight is 216 g/mol. The van der Waals surface area contributed by atoms with Gasteiger partial charge in [0.05, 0.1) is 0 Å². The van der Waals surface area contributed by atoms with Gasteiger partial charge in [0.15, 0.2) is 0 Å². The molecule has 0 saturated carbocycles. The average Bonchev–Trinajstić information content (AvgIpc) is 2.25. The van der Waals surface area contributed by atoms with E-state index >= 15 is 0 Å². The lowest BCUT2D eigenvalue weighted by Crippen LogP contribution is -1.92. The van der Waals surface area contributed by atoms with Crippen molar-refractivity contribution in [2.24, 2.45) is 0 Å². The molecule has 2 heteroatoms. The summed E-state index contributed by atoms with van der Waals surface area (Å²) in [5, 5.41) is 9.10. The van der Waals surface area contributed by atoms with Crippen molar-refractivity contribution in [3.05, 3.63) is 65.0 Å². The summed E-state index contributed by atoms with van der Waals surface area (Å²) >= 11 is 0. The molecule has 1 N–H and O–H groups in total. The highest BCUT2D eigenvalue weighted by molar-refractivity contribution is 5.32. The van der Waals surface area contributed by atoms with Crippen LogP contribution < -0.4 is 0 Å². The normalized spacial score (nSPS) is 10.4. The number of aromatic hydroxyl groups is 1. The van der Waals surface area contributed by atoms with Gasteiger partial charge in [-0.15, -0.1) is 0 Å². The fraction of sp³-hybridized carbons (Fsp3) is 0.143. The SMILES string of the molecule is Cc1ccc(Cc2ccc(O)cc2F)cc1. The molecular formula is C14H13FO. The third-order valence-corrected chi connectivity index (χ3v) is 2.55. The van der Waals surface area contributed by atoms with Gasteiger partial charge in [-0.1, -0.05) is 35.9 Å². The first-order valence-corrected chi connectivity index (χ1v) is 5.18. The zero-order chi connectivity index (χ0) is 11.5. The minimum absolute atomic E-state index is 0.0369. The van der Waals surface area contributed by atoms with Gasteiger partial charge in [0, 0.05) is 12.5 Å². The molecule has 1 nitrogen and oxygen atoms in total. The van der Waals surface area contributed by atoms with E-state index in [2.05, 4.69) is 0 Å². The molecule has 0 unspecified atom stereocenters. The Hall–Kier alpha value is -1.83. The molecular weight excluding hydrogens is 203 g/mol. The van der Waals surface area contributed by atoms with Crippen molar-refractivity contribution in [3.63, 3.8) is 0 Å². The fourth-order valence-corrected chi connectivity index (χ4v) is 1.61. The molecule has 0 fully saturated rings. The molecule has 0 saturated heterocycles. The number of aryl methyl sites for hydroxylation is 1. The second-order valence-electron chi connectivity index (χ2n) is 3.94. The summed E-state index contributed by atoms with van der Waals surface area (Å²) in [6, 6.07) is 12.3. The molecule has 2 rings (SSSR count). The maximum Gasteiger partial charge on any atom is 0.130 e. The maximum absolute atomic E-state index is 13.5.